The maximum atomic E-state index is 3.46. The second-order valence-corrected chi connectivity index (χ2v) is 4.67. The molecule has 0 fully saturated rings. The summed E-state index contributed by atoms with van der Waals surface area (Å²) in [5.41, 5.74) is 0. The van der Waals surface area contributed by atoms with Gasteiger partial charge < -0.3 is 10.2 Å². The van der Waals surface area contributed by atoms with Crippen LogP contribution in [0.2, 0.25) is 0 Å². The molecule has 0 spiro atoms. The molecule has 0 aliphatic carbocycles. The van der Waals surface area contributed by atoms with Crippen molar-refractivity contribution in [3.63, 3.8) is 0 Å². The van der Waals surface area contributed by atoms with Crippen molar-refractivity contribution in [1.29, 1.82) is 0 Å². The Morgan fingerprint density at radius 3 is 2.07 bits per heavy atom. The maximum absolute atomic E-state index is 3.46. The van der Waals surface area contributed by atoms with Crippen LogP contribution in [0.15, 0.2) is 0 Å². The van der Waals surface area contributed by atoms with Gasteiger partial charge in [0.1, 0.15) is 0 Å². The Labute approximate surface area is 90.1 Å². The zero-order valence-electron chi connectivity index (χ0n) is 10.8. The number of nitrogens with zero attached hydrogens (tertiary/aromatic N) is 1. The molecule has 0 saturated heterocycles. The third kappa shape index (κ3) is 5.61. The molecule has 0 aromatic heterocycles. The Morgan fingerprint density at radius 2 is 1.64 bits per heavy atom. The molecule has 0 saturated carbocycles. The summed E-state index contributed by atoms with van der Waals surface area (Å²) in [6.07, 6.45) is 2.47. The summed E-state index contributed by atoms with van der Waals surface area (Å²) in [7, 11) is 2.23. The van der Waals surface area contributed by atoms with Crippen molar-refractivity contribution in [1.82, 2.24) is 10.2 Å². The highest BCUT2D eigenvalue weighted by atomic mass is 15.1. The van der Waals surface area contributed by atoms with E-state index >= 15 is 0 Å². The minimum Gasteiger partial charge on any atom is -0.314 e. The first-order valence-corrected chi connectivity index (χ1v) is 5.94. The van der Waals surface area contributed by atoms with E-state index in [4.69, 9.17) is 0 Å². The van der Waals surface area contributed by atoms with Gasteiger partial charge >= 0.3 is 0 Å². The molecule has 2 unspecified atom stereocenters. The van der Waals surface area contributed by atoms with Gasteiger partial charge in [0, 0.05) is 18.1 Å². The maximum Gasteiger partial charge on any atom is 0.00787 e. The van der Waals surface area contributed by atoms with Gasteiger partial charge in [-0.2, -0.15) is 0 Å². The predicted octanol–water partition coefficient (Wildman–Crippen LogP) is 2.49. The molecule has 1 N–H and O–H groups in total. The second kappa shape index (κ2) is 7.24. The zero-order chi connectivity index (χ0) is 11.1. The molecule has 0 bridgehead atoms. The lowest BCUT2D eigenvalue weighted by Gasteiger charge is -2.30. The molecule has 0 radical (unpaired) electrons. The average Bonchev–Trinajstić information content (AvgIpc) is 2.14. The average molecular weight is 200 g/mol. The fourth-order valence-corrected chi connectivity index (χ4v) is 1.51. The van der Waals surface area contributed by atoms with Crippen LogP contribution in [0.25, 0.3) is 0 Å². The number of rotatable bonds is 7. The Kier molecular flexibility index (Phi) is 7.20. The van der Waals surface area contributed by atoms with Gasteiger partial charge in [-0.05, 0) is 40.3 Å². The largest absolute Gasteiger partial charge is 0.314 e. The van der Waals surface area contributed by atoms with Crippen molar-refractivity contribution in [3.8, 4) is 0 Å². The van der Waals surface area contributed by atoms with Crippen LogP contribution >= 0.6 is 0 Å². The van der Waals surface area contributed by atoms with Crippen molar-refractivity contribution in [2.24, 2.45) is 0 Å². The van der Waals surface area contributed by atoms with Gasteiger partial charge in [0.05, 0.1) is 0 Å². The minimum atomic E-state index is 0.608. The summed E-state index contributed by atoms with van der Waals surface area (Å²) in [6, 6.07) is 1.98. The Morgan fingerprint density at radius 1 is 1.07 bits per heavy atom. The van der Waals surface area contributed by atoms with Crippen molar-refractivity contribution >= 4 is 0 Å². The smallest absolute Gasteiger partial charge is 0.00787 e. The third-order valence-corrected chi connectivity index (χ3v) is 3.10. The van der Waals surface area contributed by atoms with Crippen LogP contribution in [-0.4, -0.2) is 36.6 Å². The molecule has 2 nitrogen and oxygen atoms in total. The highest BCUT2D eigenvalue weighted by Gasteiger charge is 2.13. The summed E-state index contributed by atoms with van der Waals surface area (Å²) in [4.78, 5) is 2.47. The number of nitrogens with one attached hydrogen (secondary N) is 1. The molecule has 0 rings (SSSR count). The van der Waals surface area contributed by atoms with E-state index in [1.54, 1.807) is 0 Å². The molecular formula is C12H28N2. The van der Waals surface area contributed by atoms with Crippen LogP contribution in [0.3, 0.4) is 0 Å². The minimum absolute atomic E-state index is 0.608. The molecule has 0 heterocycles. The van der Waals surface area contributed by atoms with E-state index in [9.17, 15) is 0 Å². The lowest BCUT2D eigenvalue weighted by Crippen LogP contribution is -2.38. The van der Waals surface area contributed by atoms with Gasteiger partial charge in [-0.15, -0.1) is 0 Å². The summed E-state index contributed by atoms with van der Waals surface area (Å²) < 4.78 is 0. The predicted molar refractivity (Wildman–Crippen MR) is 64.7 cm³/mol. The quantitative estimate of drug-likeness (QED) is 0.679. The first-order valence-electron chi connectivity index (χ1n) is 5.94. The molecular weight excluding hydrogens is 172 g/mol. The van der Waals surface area contributed by atoms with Crippen LogP contribution in [-0.2, 0) is 0 Å². The number of hydrogen-bond acceptors (Lipinski definition) is 2. The lowest BCUT2D eigenvalue weighted by atomic mass is 10.1. The van der Waals surface area contributed by atoms with E-state index in [1.807, 2.05) is 0 Å². The van der Waals surface area contributed by atoms with Crippen LogP contribution in [0.4, 0.5) is 0 Å². The van der Waals surface area contributed by atoms with Crippen LogP contribution < -0.4 is 5.32 Å². The van der Waals surface area contributed by atoms with E-state index < -0.39 is 0 Å². The highest BCUT2D eigenvalue weighted by molar-refractivity contribution is 4.70. The molecule has 86 valence electrons. The molecule has 0 aliphatic rings. The van der Waals surface area contributed by atoms with Crippen LogP contribution in [0.1, 0.15) is 47.5 Å². The van der Waals surface area contributed by atoms with E-state index in [1.165, 1.54) is 12.8 Å². The van der Waals surface area contributed by atoms with Crippen LogP contribution in [0.5, 0.6) is 0 Å². The van der Waals surface area contributed by atoms with Gasteiger partial charge in [0.2, 0.25) is 0 Å². The van der Waals surface area contributed by atoms with E-state index in [-0.39, 0.29) is 0 Å². The summed E-state index contributed by atoms with van der Waals surface area (Å²) in [5, 5.41) is 3.46. The summed E-state index contributed by atoms with van der Waals surface area (Å²) in [5.74, 6) is 0. The molecule has 0 amide bonds. The summed E-state index contributed by atoms with van der Waals surface area (Å²) >= 11 is 0. The van der Waals surface area contributed by atoms with Gasteiger partial charge in [0.25, 0.3) is 0 Å². The number of hydrogen-bond donors (Lipinski definition) is 1. The Hall–Kier alpha value is -0.0800. The van der Waals surface area contributed by atoms with E-state index in [2.05, 4.69) is 51.9 Å². The normalized spacial score (nSPS) is 16.3. The van der Waals surface area contributed by atoms with Crippen molar-refractivity contribution in [2.75, 3.05) is 13.6 Å². The molecule has 14 heavy (non-hydrogen) atoms. The van der Waals surface area contributed by atoms with Crippen molar-refractivity contribution in [3.05, 3.63) is 0 Å². The highest BCUT2D eigenvalue weighted by Crippen LogP contribution is 2.07. The first-order chi connectivity index (χ1) is 6.49. The zero-order valence-corrected chi connectivity index (χ0v) is 10.8. The van der Waals surface area contributed by atoms with E-state index in [0.29, 0.717) is 18.1 Å². The fraction of sp³-hybridized carbons (Fsp3) is 1.00. The van der Waals surface area contributed by atoms with Crippen molar-refractivity contribution < 1.29 is 0 Å². The topological polar surface area (TPSA) is 15.3 Å². The van der Waals surface area contributed by atoms with Gasteiger partial charge in [-0.3, -0.25) is 0 Å². The molecule has 0 aromatic carbocycles. The third-order valence-electron chi connectivity index (χ3n) is 3.10. The van der Waals surface area contributed by atoms with Gasteiger partial charge in [-0.1, -0.05) is 20.8 Å². The van der Waals surface area contributed by atoms with Crippen molar-refractivity contribution in [2.45, 2.75) is 65.6 Å². The van der Waals surface area contributed by atoms with Gasteiger partial charge in [0.15, 0.2) is 0 Å². The molecule has 2 heteroatoms. The van der Waals surface area contributed by atoms with E-state index in [0.717, 1.165) is 6.54 Å². The molecule has 0 aliphatic heterocycles. The SMILES string of the molecule is CCC(C)N(C)C(C)CCNC(C)C. The Balaban J connectivity index is 3.67. The molecule has 0 aromatic rings. The van der Waals surface area contributed by atoms with Crippen LogP contribution in [0, 0.1) is 0 Å². The lowest BCUT2D eigenvalue weighted by molar-refractivity contribution is 0.182. The fourth-order valence-electron chi connectivity index (χ4n) is 1.51. The monoisotopic (exact) mass is 200 g/mol. The Bertz CT molecular complexity index is 134. The van der Waals surface area contributed by atoms with Gasteiger partial charge in [-0.25, -0.2) is 0 Å². The summed E-state index contributed by atoms with van der Waals surface area (Å²) in [6.45, 7) is 12.4. The second-order valence-electron chi connectivity index (χ2n) is 4.67. The standard InChI is InChI=1S/C12H28N2/c1-7-11(4)14(6)12(5)8-9-13-10(2)3/h10-13H,7-9H2,1-6H3. The first kappa shape index (κ1) is 13.9. The molecule has 2 atom stereocenters.